The Morgan fingerprint density at radius 1 is 1.44 bits per heavy atom. The van der Waals surface area contributed by atoms with Crippen LogP contribution in [0.25, 0.3) is 11.4 Å². The molecular weight excluding hydrogens is 228 g/mol. The molecule has 0 aliphatic rings. The molecule has 2 rings (SSSR count). The number of nitrogens with zero attached hydrogens (tertiary/aromatic N) is 2. The summed E-state index contributed by atoms with van der Waals surface area (Å²) in [6, 6.07) is 4.66. The van der Waals surface area contributed by atoms with E-state index in [0.29, 0.717) is 16.4 Å². The number of rotatable bonds is 2. The second-order valence-electron chi connectivity index (χ2n) is 3.40. The number of halogens is 1. The first-order valence-corrected chi connectivity index (χ1v) is 4.97. The zero-order valence-electron chi connectivity index (χ0n) is 8.51. The zero-order valence-corrected chi connectivity index (χ0v) is 9.27. The van der Waals surface area contributed by atoms with Crippen LogP contribution < -0.4 is 0 Å². The minimum Gasteiger partial charge on any atom is -0.478 e. The second kappa shape index (κ2) is 3.98. The van der Waals surface area contributed by atoms with Gasteiger partial charge in [-0.2, -0.15) is 0 Å². The Hall–Kier alpha value is -1.81. The molecule has 0 spiro atoms. The Morgan fingerprint density at radius 2 is 2.19 bits per heavy atom. The molecule has 4 nitrogen and oxygen atoms in total. The number of imidazole rings is 1. The average molecular weight is 237 g/mol. The van der Waals surface area contributed by atoms with Crippen LogP contribution >= 0.6 is 11.6 Å². The molecule has 0 fully saturated rings. The molecule has 0 amide bonds. The van der Waals surface area contributed by atoms with E-state index in [9.17, 15) is 4.79 Å². The Morgan fingerprint density at radius 3 is 2.75 bits per heavy atom. The summed E-state index contributed by atoms with van der Waals surface area (Å²) in [5.41, 5.74) is 0.850. The normalized spacial score (nSPS) is 10.4. The number of carboxylic acids is 1. The molecule has 0 unspecified atom stereocenters. The van der Waals surface area contributed by atoms with Crippen LogP contribution in [0.5, 0.6) is 0 Å². The first-order chi connectivity index (χ1) is 7.58. The number of aromatic nitrogens is 2. The summed E-state index contributed by atoms with van der Waals surface area (Å²) in [5.74, 6) is -0.317. The summed E-state index contributed by atoms with van der Waals surface area (Å²) in [7, 11) is 1.84. The number of carboxylic acid groups (broad SMARTS) is 1. The summed E-state index contributed by atoms with van der Waals surface area (Å²) in [6.45, 7) is 0. The van der Waals surface area contributed by atoms with Crippen molar-refractivity contribution in [3.8, 4) is 11.4 Å². The molecule has 0 radical (unpaired) electrons. The van der Waals surface area contributed by atoms with Gasteiger partial charge in [0.25, 0.3) is 0 Å². The third-order valence-corrected chi connectivity index (χ3v) is 2.44. The predicted octanol–water partition coefficient (Wildman–Crippen LogP) is 2.44. The van der Waals surface area contributed by atoms with Crippen molar-refractivity contribution in [3.05, 3.63) is 41.2 Å². The fourth-order valence-electron chi connectivity index (χ4n) is 1.49. The van der Waals surface area contributed by atoms with E-state index < -0.39 is 5.97 Å². The van der Waals surface area contributed by atoms with Gasteiger partial charge in [-0.3, -0.25) is 0 Å². The van der Waals surface area contributed by atoms with E-state index in [1.807, 2.05) is 7.05 Å². The number of hydrogen-bond donors (Lipinski definition) is 1. The van der Waals surface area contributed by atoms with Gasteiger partial charge < -0.3 is 9.67 Å². The van der Waals surface area contributed by atoms with Crippen molar-refractivity contribution in [3.63, 3.8) is 0 Å². The van der Waals surface area contributed by atoms with Gasteiger partial charge in [0, 0.05) is 30.0 Å². The molecule has 2 aromatic rings. The number of aryl methyl sites for hydroxylation is 1. The van der Waals surface area contributed by atoms with Gasteiger partial charge in [0.1, 0.15) is 5.82 Å². The quantitative estimate of drug-likeness (QED) is 0.871. The van der Waals surface area contributed by atoms with E-state index in [1.165, 1.54) is 6.07 Å². The van der Waals surface area contributed by atoms with Crippen molar-refractivity contribution in [2.24, 2.45) is 7.05 Å². The SMILES string of the molecule is Cn1ccnc1-c1cc(Cl)cc(C(=O)O)c1. The van der Waals surface area contributed by atoms with E-state index in [0.717, 1.165) is 0 Å². The topological polar surface area (TPSA) is 55.1 Å². The van der Waals surface area contributed by atoms with Crippen LogP contribution in [0.3, 0.4) is 0 Å². The van der Waals surface area contributed by atoms with Crippen LogP contribution in [-0.2, 0) is 7.05 Å². The fourth-order valence-corrected chi connectivity index (χ4v) is 1.72. The fraction of sp³-hybridized carbons (Fsp3) is 0.0909. The van der Waals surface area contributed by atoms with Crippen LogP contribution in [0.15, 0.2) is 30.6 Å². The molecule has 1 N–H and O–H groups in total. The average Bonchev–Trinajstić information content (AvgIpc) is 2.63. The van der Waals surface area contributed by atoms with Gasteiger partial charge in [0.2, 0.25) is 0 Å². The van der Waals surface area contributed by atoms with Crippen LogP contribution in [0.4, 0.5) is 0 Å². The monoisotopic (exact) mass is 236 g/mol. The molecule has 0 saturated heterocycles. The van der Waals surface area contributed by atoms with Gasteiger partial charge in [-0.15, -0.1) is 0 Å². The summed E-state index contributed by atoms with van der Waals surface area (Å²) in [6.07, 6.45) is 3.44. The highest BCUT2D eigenvalue weighted by Crippen LogP contribution is 2.23. The lowest BCUT2D eigenvalue weighted by Crippen LogP contribution is -1.98. The van der Waals surface area contributed by atoms with Gasteiger partial charge in [0.05, 0.1) is 5.56 Å². The smallest absolute Gasteiger partial charge is 0.335 e. The molecule has 0 bridgehead atoms. The summed E-state index contributed by atoms with van der Waals surface area (Å²) >= 11 is 5.86. The summed E-state index contributed by atoms with van der Waals surface area (Å²) in [4.78, 5) is 15.0. The largest absolute Gasteiger partial charge is 0.478 e. The van der Waals surface area contributed by atoms with Crippen molar-refractivity contribution in [1.29, 1.82) is 0 Å². The van der Waals surface area contributed by atoms with Crippen molar-refractivity contribution in [2.45, 2.75) is 0 Å². The molecule has 1 aromatic heterocycles. The molecule has 82 valence electrons. The Kier molecular flexibility index (Phi) is 2.66. The van der Waals surface area contributed by atoms with Crippen LogP contribution in [0, 0.1) is 0 Å². The second-order valence-corrected chi connectivity index (χ2v) is 3.83. The Labute approximate surface area is 97.1 Å². The Bertz CT molecular complexity index is 549. The van der Waals surface area contributed by atoms with Gasteiger partial charge >= 0.3 is 5.97 Å². The van der Waals surface area contributed by atoms with E-state index in [2.05, 4.69) is 4.98 Å². The lowest BCUT2D eigenvalue weighted by molar-refractivity contribution is 0.0697. The molecule has 16 heavy (non-hydrogen) atoms. The first kappa shape index (κ1) is 10.7. The van der Waals surface area contributed by atoms with Gasteiger partial charge in [0.15, 0.2) is 0 Å². The maximum absolute atomic E-state index is 10.9. The Balaban J connectivity index is 2.58. The molecule has 5 heteroatoms. The molecule has 0 aliphatic heterocycles. The summed E-state index contributed by atoms with van der Waals surface area (Å²) < 4.78 is 1.80. The maximum atomic E-state index is 10.9. The third kappa shape index (κ3) is 1.92. The van der Waals surface area contributed by atoms with Crippen LogP contribution in [0.1, 0.15) is 10.4 Å². The first-order valence-electron chi connectivity index (χ1n) is 4.59. The van der Waals surface area contributed by atoms with E-state index in [1.54, 1.807) is 29.1 Å². The van der Waals surface area contributed by atoms with Crippen molar-refractivity contribution < 1.29 is 9.90 Å². The third-order valence-electron chi connectivity index (χ3n) is 2.22. The predicted molar refractivity (Wildman–Crippen MR) is 60.6 cm³/mol. The summed E-state index contributed by atoms with van der Waals surface area (Å²) in [5, 5.41) is 9.30. The van der Waals surface area contributed by atoms with Gasteiger partial charge in [-0.25, -0.2) is 9.78 Å². The van der Waals surface area contributed by atoms with E-state index >= 15 is 0 Å². The lowest BCUT2D eigenvalue weighted by atomic mass is 10.1. The number of benzene rings is 1. The highest BCUT2D eigenvalue weighted by molar-refractivity contribution is 6.31. The lowest BCUT2D eigenvalue weighted by Gasteiger charge is -2.04. The molecule has 0 aliphatic carbocycles. The van der Waals surface area contributed by atoms with Gasteiger partial charge in [-0.1, -0.05) is 11.6 Å². The van der Waals surface area contributed by atoms with Gasteiger partial charge in [-0.05, 0) is 18.2 Å². The van der Waals surface area contributed by atoms with E-state index in [-0.39, 0.29) is 5.56 Å². The molecule has 0 atom stereocenters. The highest BCUT2D eigenvalue weighted by Gasteiger charge is 2.10. The number of aromatic carboxylic acids is 1. The molecular formula is C11H9ClN2O2. The highest BCUT2D eigenvalue weighted by atomic mass is 35.5. The molecule has 0 saturated carbocycles. The number of hydrogen-bond acceptors (Lipinski definition) is 2. The van der Waals surface area contributed by atoms with Crippen molar-refractivity contribution in [2.75, 3.05) is 0 Å². The number of carbonyl (C=O) groups is 1. The minimum atomic E-state index is -1.00. The standard InChI is InChI=1S/C11H9ClN2O2/c1-14-3-2-13-10(14)7-4-8(11(15)16)6-9(12)5-7/h2-6H,1H3,(H,15,16). The van der Waals surface area contributed by atoms with E-state index in [4.69, 9.17) is 16.7 Å². The maximum Gasteiger partial charge on any atom is 0.335 e. The van der Waals surface area contributed by atoms with Crippen molar-refractivity contribution in [1.82, 2.24) is 9.55 Å². The van der Waals surface area contributed by atoms with Crippen LogP contribution in [-0.4, -0.2) is 20.6 Å². The molecule has 1 heterocycles. The van der Waals surface area contributed by atoms with Crippen molar-refractivity contribution >= 4 is 17.6 Å². The zero-order chi connectivity index (χ0) is 11.7. The molecule has 1 aromatic carbocycles. The minimum absolute atomic E-state index is 0.158. The van der Waals surface area contributed by atoms with Crippen LogP contribution in [0.2, 0.25) is 5.02 Å².